The molecule has 3 nitrogen and oxygen atoms in total. The maximum atomic E-state index is 10.2. The summed E-state index contributed by atoms with van der Waals surface area (Å²) in [5.41, 5.74) is 5.92. The maximum Gasteiger partial charge on any atom is 0.100 e. The Kier molecular flexibility index (Phi) is 3.76. The highest BCUT2D eigenvalue weighted by atomic mass is 16.3. The molecule has 0 aliphatic heterocycles. The van der Waals surface area contributed by atoms with Crippen LogP contribution < -0.4 is 0 Å². The molecule has 1 N–H and O–H groups in total. The van der Waals surface area contributed by atoms with E-state index in [1.807, 2.05) is 6.33 Å². The minimum absolute atomic E-state index is 0.117. The zero-order chi connectivity index (χ0) is 19.8. The van der Waals surface area contributed by atoms with Crippen LogP contribution in [0.3, 0.4) is 0 Å². The predicted molar refractivity (Wildman–Crippen MR) is 117 cm³/mol. The molecule has 4 aliphatic carbocycles. The summed E-state index contributed by atoms with van der Waals surface area (Å²) in [5.74, 6) is 2.26. The topological polar surface area (TPSA) is 38.0 Å². The molecule has 0 saturated heterocycles. The fourth-order valence-corrected chi connectivity index (χ4v) is 7.71. The molecule has 29 heavy (non-hydrogen) atoms. The Balaban J connectivity index is 1.36. The highest BCUT2D eigenvalue weighted by Crippen LogP contribution is 2.65. The molecular weight excluding hydrogens is 356 g/mol. The van der Waals surface area contributed by atoms with Crippen LogP contribution in [0.4, 0.5) is 0 Å². The number of imidazole rings is 1. The molecule has 6 rings (SSSR count). The molecule has 0 amide bonds. The van der Waals surface area contributed by atoms with Crippen LogP contribution in [0, 0.1) is 28.6 Å². The minimum Gasteiger partial charge on any atom is -0.393 e. The quantitative estimate of drug-likeness (QED) is 0.626. The van der Waals surface area contributed by atoms with E-state index in [9.17, 15) is 5.11 Å². The van der Waals surface area contributed by atoms with Crippen molar-refractivity contribution in [2.24, 2.45) is 28.6 Å². The second kappa shape index (κ2) is 6.07. The lowest BCUT2D eigenvalue weighted by Crippen LogP contribution is -2.50. The summed E-state index contributed by atoms with van der Waals surface area (Å²) in [7, 11) is 0. The molecule has 4 unspecified atom stereocenters. The highest BCUT2D eigenvalue weighted by Gasteiger charge is 2.57. The van der Waals surface area contributed by atoms with Crippen molar-refractivity contribution < 1.29 is 5.11 Å². The minimum atomic E-state index is -0.117. The first-order valence-corrected chi connectivity index (χ1v) is 11.5. The van der Waals surface area contributed by atoms with Crippen LogP contribution in [0.2, 0.25) is 0 Å². The van der Waals surface area contributed by atoms with Gasteiger partial charge in [0.2, 0.25) is 0 Å². The first-order chi connectivity index (χ1) is 14.0. The number of allylic oxidation sites excluding steroid dienone is 3. The Bertz CT molecular complexity index is 1030. The van der Waals surface area contributed by atoms with Gasteiger partial charge >= 0.3 is 0 Å². The van der Waals surface area contributed by atoms with E-state index >= 15 is 0 Å². The first-order valence-electron chi connectivity index (χ1n) is 11.5. The van der Waals surface area contributed by atoms with Gasteiger partial charge in [-0.15, -0.1) is 0 Å². The standard InChI is InChI=1S/C26H32N2O/c1-25-13-11-18(29)15-17(25)7-8-19-20-9-10-24(26(20,2)14-12-21(19)25)28-16-27-22-5-3-4-6-23(22)28/h3-7,10,16,18-21,29H,8-9,11-15H2,1-2H3/t18-,19?,20?,21?,25?,26-/m0/s1. The summed E-state index contributed by atoms with van der Waals surface area (Å²) in [6, 6.07) is 8.52. The SMILES string of the molecule is CC12CC[C@H](O)CC1=CCC1C2CC[C@]2(C)C(n3cnc4ccccc43)=CCC12. The summed E-state index contributed by atoms with van der Waals surface area (Å²) in [4.78, 5) is 4.67. The summed E-state index contributed by atoms with van der Waals surface area (Å²) in [5, 5.41) is 10.2. The van der Waals surface area contributed by atoms with Gasteiger partial charge in [-0.3, -0.25) is 0 Å². The van der Waals surface area contributed by atoms with Crippen LogP contribution in [0.1, 0.15) is 58.8 Å². The molecule has 1 heterocycles. The van der Waals surface area contributed by atoms with E-state index in [0.717, 1.165) is 42.5 Å². The number of nitrogens with zero attached hydrogens (tertiary/aromatic N) is 2. The van der Waals surface area contributed by atoms with Gasteiger partial charge in [-0.1, -0.05) is 43.7 Å². The summed E-state index contributed by atoms with van der Waals surface area (Å²) in [6.45, 7) is 5.03. The number of fused-ring (bicyclic) bond motifs is 6. The Morgan fingerprint density at radius 3 is 2.72 bits per heavy atom. The van der Waals surface area contributed by atoms with Crippen molar-refractivity contribution in [2.75, 3.05) is 0 Å². The smallest absolute Gasteiger partial charge is 0.100 e. The van der Waals surface area contributed by atoms with Gasteiger partial charge in [-0.25, -0.2) is 4.98 Å². The fourth-order valence-electron chi connectivity index (χ4n) is 7.71. The molecular formula is C26H32N2O. The van der Waals surface area contributed by atoms with E-state index in [0.29, 0.717) is 5.41 Å². The molecule has 1 aromatic carbocycles. The van der Waals surface area contributed by atoms with Gasteiger partial charge in [-0.05, 0) is 80.2 Å². The maximum absolute atomic E-state index is 10.2. The Morgan fingerprint density at radius 2 is 1.83 bits per heavy atom. The number of aromatic nitrogens is 2. The average Bonchev–Trinajstić information content (AvgIpc) is 3.29. The van der Waals surface area contributed by atoms with E-state index in [2.05, 4.69) is 59.8 Å². The van der Waals surface area contributed by atoms with E-state index in [4.69, 9.17) is 0 Å². The molecule has 0 radical (unpaired) electrons. The number of para-hydroxylation sites is 2. The molecule has 3 heteroatoms. The monoisotopic (exact) mass is 388 g/mol. The van der Waals surface area contributed by atoms with Crippen LogP contribution in [0.25, 0.3) is 16.7 Å². The molecule has 2 saturated carbocycles. The number of aliphatic hydroxyl groups excluding tert-OH is 1. The van der Waals surface area contributed by atoms with Crippen LogP contribution in [-0.4, -0.2) is 20.8 Å². The molecule has 0 bridgehead atoms. The number of rotatable bonds is 1. The van der Waals surface area contributed by atoms with Gasteiger partial charge < -0.3 is 9.67 Å². The third-order valence-electron chi connectivity index (χ3n) is 9.33. The van der Waals surface area contributed by atoms with Crippen molar-refractivity contribution in [3.8, 4) is 0 Å². The van der Waals surface area contributed by atoms with Crippen molar-refractivity contribution in [3.63, 3.8) is 0 Å². The number of aliphatic hydroxyl groups is 1. The normalized spacial score (nSPS) is 41.3. The van der Waals surface area contributed by atoms with Crippen molar-refractivity contribution >= 4 is 16.7 Å². The first kappa shape index (κ1) is 17.9. The zero-order valence-corrected chi connectivity index (χ0v) is 17.6. The molecule has 6 atom stereocenters. The van der Waals surface area contributed by atoms with Gasteiger partial charge in [0.25, 0.3) is 0 Å². The van der Waals surface area contributed by atoms with Crippen LogP contribution in [0.15, 0.2) is 48.3 Å². The predicted octanol–water partition coefficient (Wildman–Crippen LogP) is 5.81. The second-order valence-corrected chi connectivity index (χ2v) is 10.5. The molecule has 2 fully saturated rings. The lowest BCUT2D eigenvalue weighted by Gasteiger charge is -2.57. The Hall–Kier alpha value is -1.87. The van der Waals surface area contributed by atoms with Crippen LogP contribution in [-0.2, 0) is 0 Å². The Labute approximate surface area is 173 Å². The third-order valence-corrected chi connectivity index (χ3v) is 9.33. The van der Waals surface area contributed by atoms with E-state index < -0.39 is 0 Å². The number of hydrogen-bond donors (Lipinski definition) is 1. The average molecular weight is 389 g/mol. The van der Waals surface area contributed by atoms with Gasteiger partial charge in [-0.2, -0.15) is 0 Å². The zero-order valence-electron chi connectivity index (χ0n) is 17.6. The second-order valence-electron chi connectivity index (χ2n) is 10.5. The molecule has 4 aliphatic rings. The van der Waals surface area contributed by atoms with E-state index in [1.165, 1.54) is 36.9 Å². The van der Waals surface area contributed by atoms with Gasteiger partial charge in [0.1, 0.15) is 6.33 Å². The lowest BCUT2D eigenvalue weighted by atomic mass is 9.48. The number of hydrogen-bond acceptors (Lipinski definition) is 2. The van der Waals surface area contributed by atoms with Crippen LogP contribution in [0.5, 0.6) is 0 Å². The van der Waals surface area contributed by atoms with Gasteiger partial charge in [0.15, 0.2) is 0 Å². The largest absolute Gasteiger partial charge is 0.393 e. The van der Waals surface area contributed by atoms with Gasteiger partial charge in [0.05, 0.1) is 17.1 Å². The van der Waals surface area contributed by atoms with E-state index in [-0.39, 0.29) is 11.5 Å². The third kappa shape index (κ3) is 2.37. The van der Waals surface area contributed by atoms with Crippen molar-refractivity contribution in [2.45, 2.75) is 64.9 Å². The van der Waals surface area contributed by atoms with Crippen molar-refractivity contribution in [1.29, 1.82) is 0 Å². The molecule has 2 aromatic rings. The van der Waals surface area contributed by atoms with Crippen molar-refractivity contribution in [1.82, 2.24) is 9.55 Å². The Morgan fingerprint density at radius 1 is 1.00 bits per heavy atom. The molecule has 1 aromatic heterocycles. The molecule has 0 spiro atoms. The number of benzene rings is 1. The summed E-state index contributed by atoms with van der Waals surface area (Å²) >= 11 is 0. The van der Waals surface area contributed by atoms with Crippen molar-refractivity contribution in [3.05, 3.63) is 48.3 Å². The van der Waals surface area contributed by atoms with E-state index in [1.54, 1.807) is 5.57 Å². The summed E-state index contributed by atoms with van der Waals surface area (Å²) < 4.78 is 2.37. The van der Waals surface area contributed by atoms with Crippen LogP contribution >= 0.6 is 0 Å². The highest BCUT2D eigenvalue weighted by molar-refractivity contribution is 5.80. The fraction of sp³-hybridized carbons (Fsp3) is 0.577. The summed E-state index contributed by atoms with van der Waals surface area (Å²) in [6.07, 6.45) is 15.0. The lowest BCUT2D eigenvalue weighted by molar-refractivity contribution is -0.0249. The molecule has 152 valence electrons. The van der Waals surface area contributed by atoms with Gasteiger partial charge in [0, 0.05) is 11.1 Å².